The Morgan fingerprint density at radius 2 is 2.25 bits per heavy atom. The van der Waals surface area contributed by atoms with Crippen LogP contribution in [-0.2, 0) is 9.59 Å². The van der Waals surface area contributed by atoms with Crippen molar-refractivity contribution < 1.29 is 9.59 Å². The standard InChI is InChI=1S/C5H8NO2/c1-3-6(2)5(8)4-7/h3H2,1-2H3. The van der Waals surface area contributed by atoms with Crippen LogP contribution in [0.5, 0.6) is 0 Å². The van der Waals surface area contributed by atoms with E-state index in [0.29, 0.717) is 6.54 Å². The van der Waals surface area contributed by atoms with Gasteiger partial charge < -0.3 is 4.90 Å². The highest BCUT2D eigenvalue weighted by molar-refractivity contribution is 6.23. The number of likely N-dealkylation sites (N-methyl/N-ethyl adjacent to an activating group) is 1. The monoisotopic (exact) mass is 114 g/mol. The minimum Gasteiger partial charge on any atom is -0.339 e. The average molecular weight is 114 g/mol. The van der Waals surface area contributed by atoms with Gasteiger partial charge in [0.1, 0.15) is 0 Å². The van der Waals surface area contributed by atoms with Crippen LogP contribution in [0.25, 0.3) is 0 Å². The van der Waals surface area contributed by atoms with Crippen LogP contribution in [0.2, 0.25) is 0 Å². The van der Waals surface area contributed by atoms with Gasteiger partial charge in [-0.3, -0.25) is 9.59 Å². The molecule has 45 valence electrons. The molecule has 0 aromatic rings. The van der Waals surface area contributed by atoms with E-state index in [2.05, 4.69) is 0 Å². The topological polar surface area (TPSA) is 37.4 Å². The van der Waals surface area contributed by atoms with Gasteiger partial charge in [-0.25, -0.2) is 0 Å². The van der Waals surface area contributed by atoms with Gasteiger partial charge in [-0.1, -0.05) is 0 Å². The third-order valence-electron chi connectivity index (χ3n) is 0.908. The van der Waals surface area contributed by atoms with Crippen molar-refractivity contribution in [2.45, 2.75) is 6.92 Å². The number of amides is 1. The van der Waals surface area contributed by atoms with Crippen LogP contribution < -0.4 is 0 Å². The first-order valence-corrected chi connectivity index (χ1v) is 2.35. The van der Waals surface area contributed by atoms with Crippen molar-refractivity contribution in [1.82, 2.24) is 4.90 Å². The molecule has 0 saturated heterocycles. The van der Waals surface area contributed by atoms with E-state index in [0.717, 1.165) is 0 Å². The largest absolute Gasteiger partial charge is 0.339 e. The zero-order valence-corrected chi connectivity index (χ0v) is 4.97. The first kappa shape index (κ1) is 7.14. The van der Waals surface area contributed by atoms with Crippen LogP contribution in [0.1, 0.15) is 6.92 Å². The molecule has 3 heteroatoms. The molecular formula is C5H8NO2. The van der Waals surface area contributed by atoms with Gasteiger partial charge in [-0.15, -0.1) is 0 Å². The van der Waals surface area contributed by atoms with Crippen molar-refractivity contribution in [1.29, 1.82) is 0 Å². The van der Waals surface area contributed by atoms with Gasteiger partial charge in [0.05, 0.1) is 0 Å². The summed E-state index contributed by atoms with van der Waals surface area (Å²) in [6.45, 7) is 2.34. The van der Waals surface area contributed by atoms with E-state index in [1.165, 1.54) is 11.2 Å². The average Bonchev–Trinajstić information content (AvgIpc) is 1.84. The lowest BCUT2D eigenvalue weighted by atomic mass is 10.5. The Morgan fingerprint density at radius 1 is 1.75 bits per heavy atom. The minimum absolute atomic E-state index is 0.550. The van der Waals surface area contributed by atoms with Crippen molar-refractivity contribution in [2.75, 3.05) is 13.6 Å². The number of hydrogen-bond donors (Lipinski definition) is 0. The maximum absolute atomic E-state index is 10.2. The third kappa shape index (κ3) is 1.73. The van der Waals surface area contributed by atoms with Crippen molar-refractivity contribution >= 4 is 12.2 Å². The van der Waals surface area contributed by atoms with Crippen LogP contribution in [0.3, 0.4) is 0 Å². The van der Waals surface area contributed by atoms with Crippen molar-refractivity contribution in [3.05, 3.63) is 0 Å². The number of rotatable bonds is 2. The maximum atomic E-state index is 10.2. The van der Waals surface area contributed by atoms with Gasteiger partial charge >= 0.3 is 0 Å². The van der Waals surface area contributed by atoms with Crippen LogP contribution in [0.15, 0.2) is 0 Å². The molecule has 8 heavy (non-hydrogen) atoms. The molecule has 1 radical (unpaired) electrons. The molecule has 0 saturated carbocycles. The second-order valence-electron chi connectivity index (χ2n) is 1.42. The lowest BCUT2D eigenvalue weighted by Crippen LogP contribution is -2.26. The third-order valence-corrected chi connectivity index (χ3v) is 0.908. The van der Waals surface area contributed by atoms with Crippen molar-refractivity contribution in [3.63, 3.8) is 0 Å². The highest BCUT2D eigenvalue weighted by Crippen LogP contribution is 1.76. The Balaban J connectivity index is 3.62. The second-order valence-corrected chi connectivity index (χ2v) is 1.42. The molecule has 0 bridgehead atoms. The fourth-order valence-corrected chi connectivity index (χ4v) is 0.222. The highest BCUT2D eigenvalue weighted by atomic mass is 16.2. The van der Waals surface area contributed by atoms with Crippen molar-refractivity contribution in [2.24, 2.45) is 0 Å². The lowest BCUT2D eigenvalue weighted by Gasteiger charge is -2.07. The smallest absolute Gasteiger partial charge is 0.298 e. The highest BCUT2D eigenvalue weighted by Gasteiger charge is 2.02. The summed E-state index contributed by atoms with van der Waals surface area (Å²) < 4.78 is 0. The summed E-state index contributed by atoms with van der Waals surface area (Å²) in [4.78, 5) is 21.1. The van der Waals surface area contributed by atoms with E-state index < -0.39 is 5.91 Å². The molecule has 0 unspecified atom stereocenters. The Morgan fingerprint density at radius 3 is 2.38 bits per heavy atom. The van der Waals surface area contributed by atoms with E-state index in [-0.39, 0.29) is 0 Å². The summed E-state index contributed by atoms with van der Waals surface area (Å²) in [6.07, 6.45) is 1.25. The number of hydrogen-bond acceptors (Lipinski definition) is 2. The second kappa shape index (κ2) is 3.18. The molecule has 0 aliphatic rings. The Bertz CT molecular complexity index is 101. The van der Waals surface area contributed by atoms with Gasteiger partial charge in [-0.2, -0.15) is 0 Å². The van der Waals surface area contributed by atoms with Crippen LogP contribution >= 0.6 is 0 Å². The Hall–Kier alpha value is -0.860. The number of nitrogens with zero attached hydrogens (tertiary/aromatic N) is 1. The van der Waals surface area contributed by atoms with Gasteiger partial charge in [0.25, 0.3) is 12.2 Å². The quantitative estimate of drug-likeness (QED) is 0.457. The molecule has 0 rings (SSSR count). The van der Waals surface area contributed by atoms with Crippen LogP contribution in [0, 0.1) is 0 Å². The molecule has 0 heterocycles. The van der Waals surface area contributed by atoms with Crippen LogP contribution in [-0.4, -0.2) is 30.7 Å². The zero-order valence-electron chi connectivity index (χ0n) is 4.97. The SMILES string of the molecule is CCN(C)C(=O)[C]=O. The maximum Gasteiger partial charge on any atom is 0.298 e. The summed E-state index contributed by atoms with van der Waals surface area (Å²) in [5.74, 6) is -0.590. The minimum atomic E-state index is -0.590. The Labute approximate surface area is 48.3 Å². The van der Waals surface area contributed by atoms with Crippen LogP contribution in [0.4, 0.5) is 0 Å². The molecule has 0 atom stereocenters. The lowest BCUT2D eigenvalue weighted by molar-refractivity contribution is -0.122. The van der Waals surface area contributed by atoms with E-state index in [1.54, 1.807) is 14.0 Å². The van der Waals surface area contributed by atoms with Gasteiger partial charge in [0, 0.05) is 13.6 Å². The molecule has 0 aliphatic carbocycles. The van der Waals surface area contributed by atoms with E-state index in [1.807, 2.05) is 0 Å². The summed E-state index contributed by atoms with van der Waals surface area (Å²) in [6, 6.07) is 0. The summed E-state index contributed by atoms with van der Waals surface area (Å²) in [5, 5.41) is 0. The predicted molar refractivity (Wildman–Crippen MR) is 29.0 cm³/mol. The van der Waals surface area contributed by atoms with E-state index in [9.17, 15) is 9.59 Å². The normalized spacial score (nSPS) is 8.25. The first-order chi connectivity index (χ1) is 3.72. The number of carbonyl (C=O) groups excluding carboxylic acids is 2. The predicted octanol–water partition coefficient (Wildman–Crippen LogP) is -0.426. The number of carbonyl (C=O) groups is 1. The molecular weight excluding hydrogens is 106 g/mol. The molecule has 0 fully saturated rings. The van der Waals surface area contributed by atoms with Gasteiger partial charge in [0.2, 0.25) is 0 Å². The molecule has 0 aliphatic heterocycles. The van der Waals surface area contributed by atoms with E-state index in [4.69, 9.17) is 0 Å². The summed E-state index contributed by atoms with van der Waals surface area (Å²) in [5.41, 5.74) is 0. The fraction of sp³-hybridized carbons (Fsp3) is 0.600. The molecule has 0 aromatic carbocycles. The molecule has 0 N–H and O–H groups in total. The van der Waals surface area contributed by atoms with Gasteiger partial charge in [-0.05, 0) is 6.92 Å². The summed E-state index contributed by atoms with van der Waals surface area (Å²) in [7, 11) is 1.55. The molecule has 0 spiro atoms. The molecule has 3 nitrogen and oxygen atoms in total. The molecule has 1 amide bonds. The summed E-state index contributed by atoms with van der Waals surface area (Å²) >= 11 is 0. The fourth-order valence-electron chi connectivity index (χ4n) is 0.222. The van der Waals surface area contributed by atoms with Gasteiger partial charge in [0.15, 0.2) is 0 Å². The Kier molecular flexibility index (Phi) is 2.84. The van der Waals surface area contributed by atoms with Crippen molar-refractivity contribution in [3.8, 4) is 0 Å². The first-order valence-electron chi connectivity index (χ1n) is 2.35. The zero-order chi connectivity index (χ0) is 6.57. The van der Waals surface area contributed by atoms with E-state index >= 15 is 0 Å². The molecule has 0 aromatic heterocycles.